The van der Waals surface area contributed by atoms with Crippen LogP contribution in [0, 0.1) is 0 Å². The summed E-state index contributed by atoms with van der Waals surface area (Å²) in [6, 6.07) is 6.40. The van der Waals surface area contributed by atoms with Gasteiger partial charge in [0.05, 0.1) is 0 Å². The Labute approximate surface area is 114 Å². The van der Waals surface area contributed by atoms with E-state index in [1.807, 2.05) is 12.1 Å². The van der Waals surface area contributed by atoms with E-state index in [0.717, 1.165) is 43.5 Å². The Morgan fingerprint density at radius 3 is 2.84 bits per heavy atom. The van der Waals surface area contributed by atoms with Crippen molar-refractivity contribution in [2.75, 3.05) is 11.9 Å². The van der Waals surface area contributed by atoms with E-state index in [4.69, 9.17) is 0 Å². The van der Waals surface area contributed by atoms with Crippen LogP contribution in [0.25, 0.3) is 0 Å². The standard InChI is InChI=1S/C16H22N2O/c19-16(18-12-6-2-1-3-7-12)14-8-4-10-15-13(14)9-5-11-17-15/h4,8,10,12,17H,1-3,5-7,9,11H2,(H,18,19). The van der Waals surface area contributed by atoms with E-state index in [1.165, 1.54) is 24.8 Å². The molecule has 1 amide bonds. The first-order valence-corrected chi connectivity index (χ1v) is 7.51. The molecule has 1 aliphatic heterocycles. The van der Waals surface area contributed by atoms with Gasteiger partial charge in [-0.1, -0.05) is 25.3 Å². The topological polar surface area (TPSA) is 41.1 Å². The van der Waals surface area contributed by atoms with Crippen LogP contribution in [-0.4, -0.2) is 18.5 Å². The summed E-state index contributed by atoms with van der Waals surface area (Å²) in [6.45, 7) is 1.01. The molecule has 0 aromatic heterocycles. The Hall–Kier alpha value is -1.51. The number of benzene rings is 1. The lowest BCUT2D eigenvalue weighted by Crippen LogP contribution is -2.36. The van der Waals surface area contributed by atoms with Gasteiger partial charge in [0.1, 0.15) is 0 Å². The number of hydrogen-bond donors (Lipinski definition) is 2. The van der Waals surface area contributed by atoms with Gasteiger partial charge in [-0.3, -0.25) is 4.79 Å². The number of rotatable bonds is 2. The summed E-state index contributed by atoms with van der Waals surface area (Å²) in [5.41, 5.74) is 3.21. The molecule has 0 bridgehead atoms. The number of amides is 1. The van der Waals surface area contributed by atoms with Crippen molar-refractivity contribution in [3.8, 4) is 0 Å². The molecule has 0 atom stereocenters. The van der Waals surface area contributed by atoms with Crippen LogP contribution < -0.4 is 10.6 Å². The number of fused-ring (bicyclic) bond motifs is 1. The molecule has 0 unspecified atom stereocenters. The molecule has 1 aromatic carbocycles. The molecular formula is C16H22N2O. The third-order valence-electron chi connectivity index (χ3n) is 4.28. The van der Waals surface area contributed by atoms with E-state index in [-0.39, 0.29) is 5.91 Å². The zero-order valence-electron chi connectivity index (χ0n) is 11.4. The van der Waals surface area contributed by atoms with Gasteiger partial charge < -0.3 is 10.6 Å². The lowest BCUT2D eigenvalue weighted by Gasteiger charge is -2.25. The Kier molecular flexibility index (Phi) is 3.72. The van der Waals surface area contributed by atoms with Crippen LogP contribution in [0.4, 0.5) is 5.69 Å². The van der Waals surface area contributed by atoms with Crippen molar-refractivity contribution < 1.29 is 4.79 Å². The molecule has 102 valence electrons. The fraction of sp³-hybridized carbons (Fsp3) is 0.562. The van der Waals surface area contributed by atoms with Gasteiger partial charge in [-0.05, 0) is 43.4 Å². The SMILES string of the molecule is O=C(NC1CCCCC1)c1cccc2c1CCCN2. The van der Waals surface area contributed by atoms with E-state index >= 15 is 0 Å². The monoisotopic (exact) mass is 258 g/mol. The largest absolute Gasteiger partial charge is 0.385 e. The first kappa shape index (κ1) is 12.5. The highest BCUT2D eigenvalue weighted by molar-refractivity contribution is 5.97. The van der Waals surface area contributed by atoms with Crippen molar-refractivity contribution in [3.05, 3.63) is 29.3 Å². The first-order chi connectivity index (χ1) is 9.34. The zero-order valence-corrected chi connectivity index (χ0v) is 11.4. The Bertz CT molecular complexity index is 464. The molecule has 3 rings (SSSR count). The van der Waals surface area contributed by atoms with Gasteiger partial charge in [-0.15, -0.1) is 0 Å². The minimum absolute atomic E-state index is 0.118. The molecule has 1 heterocycles. The van der Waals surface area contributed by atoms with E-state index < -0.39 is 0 Å². The number of nitrogens with one attached hydrogen (secondary N) is 2. The van der Waals surface area contributed by atoms with Crippen LogP contribution in [0.3, 0.4) is 0 Å². The van der Waals surface area contributed by atoms with Crippen molar-refractivity contribution in [1.82, 2.24) is 5.32 Å². The average molecular weight is 258 g/mol. The first-order valence-electron chi connectivity index (χ1n) is 7.51. The van der Waals surface area contributed by atoms with Gasteiger partial charge in [-0.2, -0.15) is 0 Å². The van der Waals surface area contributed by atoms with Crippen LogP contribution in [-0.2, 0) is 6.42 Å². The Balaban J connectivity index is 1.75. The molecule has 3 nitrogen and oxygen atoms in total. The van der Waals surface area contributed by atoms with Gasteiger partial charge in [0.25, 0.3) is 5.91 Å². The molecule has 0 saturated heterocycles. The summed E-state index contributed by atoms with van der Waals surface area (Å²) >= 11 is 0. The smallest absolute Gasteiger partial charge is 0.251 e. The number of carbonyl (C=O) groups excluding carboxylic acids is 1. The predicted octanol–water partition coefficient (Wildman–Crippen LogP) is 3.11. The molecule has 2 N–H and O–H groups in total. The minimum atomic E-state index is 0.118. The van der Waals surface area contributed by atoms with Crippen LogP contribution >= 0.6 is 0 Å². The molecule has 0 radical (unpaired) electrons. The fourth-order valence-electron chi connectivity index (χ4n) is 3.23. The van der Waals surface area contributed by atoms with E-state index in [2.05, 4.69) is 16.7 Å². The zero-order chi connectivity index (χ0) is 13.1. The predicted molar refractivity (Wildman–Crippen MR) is 77.6 cm³/mol. The highest BCUT2D eigenvalue weighted by Gasteiger charge is 2.20. The lowest BCUT2D eigenvalue weighted by molar-refractivity contribution is 0.0926. The van der Waals surface area contributed by atoms with Gasteiger partial charge in [0.2, 0.25) is 0 Å². The number of anilines is 1. The molecule has 1 saturated carbocycles. The normalized spacial score (nSPS) is 19.4. The molecule has 1 aliphatic carbocycles. The number of carbonyl (C=O) groups is 1. The van der Waals surface area contributed by atoms with Gasteiger partial charge in [-0.25, -0.2) is 0 Å². The van der Waals surface area contributed by atoms with Crippen LogP contribution in [0.15, 0.2) is 18.2 Å². The second-order valence-electron chi connectivity index (χ2n) is 5.67. The maximum Gasteiger partial charge on any atom is 0.251 e. The van der Waals surface area contributed by atoms with Crippen LogP contribution in [0.2, 0.25) is 0 Å². The Morgan fingerprint density at radius 1 is 1.16 bits per heavy atom. The van der Waals surface area contributed by atoms with Gasteiger partial charge in [0.15, 0.2) is 0 Å². The highest BCUT2D eigenvalue weighted by Crippen LogP contribution is 2.26. The molecule has 2 aliphatic rings. The molecule has 1 fully saturated rings. The number of hydrogen-bond acceptors (Lipinski definition) is 2. The molecule has 1 aromatic rings. The molecule has 3 heteroatoms. The minimum Gasteiger partial charge on any atom is -0.385 e. The van der Waals surface area contributed by atoms with Crippen LogP contribution in [0.5, 0.6) is 0 Å². The lowest BCUT2D eigenvalue weighted by atomic mass is 9.94. The van der Waals surface area contributed by atoms with Crippen molar-refractivity contribution in [3.63, 3.8) is 0 Å². The summed E-state index contributed by atoms with van der Waals surface area (Å²) in [4.78, 5) is 12.4. The van der Waals surface area contributed by atoms with Gasteiger partial charge in [0, 0.05) is 23.8 Å². The Morgan fingerprint density at radius 2 is 2.00 bits per heavy atom. The third-order valence-corrected chi connectivity index (χ3v) is 4.28. The van der Waals surface area contributed by atoms with Crippen molar-refractivity contribution >= 4 is 11.6 Å². The quantitative estimate of drug-likeness (QED) is 0.855. The van der Waals surface area contributed by atoms with Crippen molar-refractivity contribution in [2.45, 2.75) is 51.0 Å². The maximum absolute atomic E-state index is 12.4. The van der Waals surface area contributed by atoms with E-state index in [0.29, 0.717) is 6.04 Å². The van der Waals surface area contributed by atoms with Crippen molar-refractivity contribution in [1.29, 1.82) is 0 Å². The second-order valence-corrected chi connectivity index (χ2v) is 5.67. The van der Waals surface area contributed by atoms with Crippen molar-refractivity contribution in [2.24, 2.45) is 0 Å². The molecule has 19 heavy (non-hydrogen) atoms. The van der Waals surface area contributed by atoms with E-state index in [9.17, 15) is 4.79 Å². The van der Waals surface area contributed by atoms with E-state index in [1.54, 1.807) is 0 Å². The second kappa shape index (κ2) is 5.64. The summed E-state index contributed by atoms with van der Waals surface area (Å²) in [5.74, 6) is 0.118. The summed E-state index contributed by atoms with van der Waals surface area (Å²) in [6.07, 6.45) is 8.21. The van der Waals surface area contributed by atoms with Crippen LogP contribution in [0.1, 0.15) is 54.4 Å². The molecular weight excluding hydrogens is 236 g/mol. The summed E-state index contributed by atoms with van der Waals surface area (Å²) in [7, 11) is 0. The average Bonchev–Trinajstić information content (AvgIpc) is 2.47. The fourth-order valence-corrected chi connectivity index (χ4v) is 3.23. The summed E-state index contributed by atoms with van der Waals surface area (Å²) in [5, 5.41) is 6.60. The maximum atomic E-state index is 12.4. The summed E-state index contributed by atoms with van der Waals surface area (Å²) < 4.78 is 0. The third kappa shape index (κ3) is 2.75. The molecule has 0 spiro atoms. The highest BCUT2D eigenvalue weighted by atomic mass is 16.1. The van der Waals surface area contributed by atoms with Gasteiger partial charge >= 0.3 is 0 Å².